The zero-order valence-electron chi connectivity index (χ0n) is 41.7. The van der Waals surface area contributed by atoms with Crippen molar-refractivity contribution >= 4 is 63.3 Å². The van der Waals surface area contributed by atoms with Gasteiger partial charge in [0.15, 0.2) is 0 Å². The van der Waals surface area contributed by atoms with Crippen molar-refractivity contribution in [2.45, 2.75) is 26.2 Å². The molecule has 350 valence electrons. The Balaban J connectivity index is 1.12. The summed E-state index contributed by atoms with van der Waals surface area (Å²) in [7, 11) is 0. The topological polar surface area (TPSA) is 9.72 Å². The van der Waals surface area contributed by atoms with Crippen LogP contribution in [0, 0.1) is 6.92 Å². The Morgan fingerprint density at radius 3 is 1.54 bits per heavy atom. The van der Waals surface area contributed by atoms with Crippen LogP contribution in [0.1, 0.15) is 30.5 Å². The van der Waals surface area contributed by atoms with Gasteiger partial charge >= 0.3 is 6.85 Å². The summed E-state index contributed by atoms with van der Waals surface area (Å²) in [4.78, 5) is 7.73. The van der Waals surface area contributed by atoms with E-state index >= 15 is 0 Å². The normalized spacial score (nSPS) is 13.4. The Hall–Kier alpha value is -9.12. The second kappa shape index (κ2) is 17.3. The molecule has 3 nitrogen and oxygen atoms in total. The molecule has 0 saturated heterocycles. The van der Waals surface area contributed by atoms with Crippen molar-refractivity contribution in [2.24, 2.45) is 0 Å². The Labute approximate surface area is 435 Å². The lowest BCUT2D eigenvalue weighted by molar-refractivity contribution is 0.661. The molecule has 0 spiro atoms. The summed E-state index contributed by atoms with van der Waals surface area (Å²) in [5.41, 5.74) is 27.7. The Morgan fingerprint density at radius 2 is 0.905 bits per heavy atom. The van der Waals surface area contributed by atoms with Crippen LogP contribution in [0.2, 0.25) is 0 Å². The van der Waals surface area contributed by atoms with Gasteiger partial charge in [0.2, 0.25) is 0 Å². The highest BCUT2D eigenvalue weighted by Crippen LogP contribution is 2.58. The first-order valence-electron chi connectivity index (χ1n) is 25.9. The first kappa shape index (κ1) is 43.7. The summed E-state index contributed by atoms with van der Waals surface area (Å²) < 4.78 is 0. The Bertz CT molecular complexity index is 3890. The first-order chi connectivity index (χ1) is 36.4. The molecule has 0 aromatic heterocycles. The number of para-hydroxylation sites is 2. The van der Waals surface area contributed by atoms with Crippen LogP contribution in [0.15, 0.2) is 261 Å². The molecule has 0 radical (unpaired) electrons. The molecule has 74 heavy (non-hydrogen) atoms. The molecule has 3 aliphatic rings. The molecular formula is C70H52BN3. The number of benzene rings is 11. The summed E-state index contributed by atoms with van der Waals surface area (Å²) >= 11 is 0. The van der Waals surface area contributed by atoms with Crippen LogP contribution in [0.4, 0.5) is 45.5 Å². The SMILES string of the molecule is Cc1ccc(-c2ccccc2)cc1N1c2ccc(-c3ccccc3)cc2B2c3c(cc4c(c31)C(C)(C)c1ccccc1-4)-c1ccc(N(c3ccccc3)c3ccccc3)cc1N2c1ccc(-c2ccccc2)cc1. The number of nitrogens with zero attached hydrogens (tertiary/aromatic N) is 3. The molecule has 0 fully saturated rings. The number of aryl methyl sites for hydroxylation is 1. The van der Waals surface area contributed by atoms with Crippen LogP contribution in [-0.4, -0.2) is 6.85 Å². The highest BCUT2D eigenvalue weighted by molar-refractivity contribution is 6.93. The fraction of sp³-hybridized carbons (Fsp3) is 0.0571. The highest BCUT2D eigenvalue weighted by Gasteiger charge is 2.50. The first-order valence-corrected chi connectivity index (χ1v) is 25.9. The van der Waals surface area contributed by atoms with E-state index in [1.165, 1.54) is 100 Å². The van der Waals surface area contributed by atoms with Crippen LogP contribution in [0.3, 0.4) is 0 Å². The van der Waals surface area contributed by atoms with E-state index in [0.29, 0.717) is 0 Å². The van der Waals surface area contributed by atoms with Gasteiger partial charge < -0.3 is 14.6 Å². The van der Waals surface area contributed by atoms with Gasteiger partial charge in [0.25, 0.3) is 0 Å². The average molecular weight is 946 g/mol. The zero-order valence-corrected chi connectivity index (χ0v) is 41.7. The summed E-state index contributed by atoms with van der Waals surface area (Å²) in [6.07, 6.45) is 0. The number of fused-ring (bicyclic) bond motifs is 8. The Kier molecular flexibility index (Phi) is 10.2. The van der Waals surface area contributed by atoms with Crippen molar-refractivity contribution in [3.8, 4) is 55.6 Å². The van der Waals surface area contributed by atoms with Crippen LogP contribution in [0.25, 0.3) is 55.6 Å². The zero-order chi connectivity index (χ0) is 49.5. The maximum Gasteiger partial charge on any atom is 0.333 e. The molecule has 11 aromatic carbocycles. The van der Waals surface area contributed by atoms with Gasteiger partial charge in [-0.2, -0.15) is 0 Å². The summed E-state index contributed by atoms with van der Waals surface area (Å²) in [6.45, 7) is 6.95. The quantitative estimate of drug-likeness (QED) is 0.141. The molecular weight excluding hydrogens is 894 g/mol. The minimum Gasteiger partial charge on any atom is -0.376 e. The second-order valence-electron chi connectivity index (χ2n) is 20.5. The van der Waals surface area contributed by atoms with E-state index < -0.39 is 0 Å². The van der Waals surface area contributed by atoms with E-state index in [9.17, 15) is 0 Å². The monoisotopic (exact) mass is 945 g/mol. The molecule has 2 heterocycles. The minimum absolute atomic E-state index is 0.218. The number of hydrogen-bond acceptors (Lipinski definition) is 3. The maximum atomic E-state index is 2.67. The van der Waals surface area contributed by atoms with E-state index in [1.54, 1.807) is 0 Å². The largest absolute Gasteiger partial charge is 0.376 e. The maximum absolute atomic E-state index is 2.67. The standard InChI is InChI=1S/C70H52BN3/c1-47-33-34-53(50-25-13-6-14-26-50)44-65(47)73-64-42-37-52(49-23-11-5-12-24-49)43-63(64)71-68-61(46-60-58-31-19-20-32-62(58)70(2,3)67(60)69(68)73)59-41-40-57(72(54-27-15-7-16-28-54)55-29-17-8-18-30-55)45-66(59)74(71)56-38-35-51(36-39-56)48-21-9-4-10-22-48/h4-46H,1-3H3. The lowest BCUT2D eigenvalue weighted by Gasteiger charge is -2.48. The van der Waals surface area contributed by atoms with E-state index in [2.05, 4.69) is 296 Å². The molecule has 1 aliphatic carbocycles. The van der Waals surface area contributed by atoms with Crippen LogP contribution in [0.5, 0.6) is 0 Å². The van der Waals surface area contributed by atoms with E-state index in [0.717, 1.165) is 28.4 Å². The lowest BCUT2D eigenvalue weighted by atomic mass is 9.42. The summed E-state index contributed by atoms with van der Waals surface area (Å²) in [5.74, 6) is 0. The summed E-state index contributed by atoms with van der Waals surface area (Å²) in [6, 6.07) is 96.6. The molecule has 2 aliphatic heterocycles. The van der Waals surface area contributed by atoms with Crippen LogP contribution in [-0.2, 0) is 5.41 Å². The fourth-order valence-corrected chi connectivity index (χ4v) is 12.5. The molecule has 0 bridgehead atoms. The van der Waals surface area contributed by atoms with Crippen molar-refractivity contribution < 1.29 is 0 Å². The second-order valence-corrected chi connectivity index (χ2v) is 20.5. The fourth-order valence-electron chi connectivity index (χ4n) is 12.5. The predicted molar refractivity (Wildman–Crippen MR) is 313 cm³/mol. The van der Waals surface area contributed by atoms with Crippen molar-refractivity contribution in [3.05, 3.63) is 278 Å². The number of hydrogen-bond donors (Lipinski definition) is 0. The van der Waals surface area contributed by atoms with Gasteiger partial charge in [-0.05, 0) is 151 Å². The number of anilines is 8. The molecule has 0 atom stereocenters. The van der Waals surface area contributed by atoms with E-state index in [-0.39, 0.29) is 12.3 Å². The van der Waals surface area contributed by atoms with Gasteiger partial charge in [0.1, 0.15) is 0 Å². The average Bonchev–Trinajstić information content (AvgIpc) is 3.77. The smallest absolute Gasteiger partial charge is 0.333 e. The molecule has 0 unspecified atom stereocenters. The highest BCUT2D eigenvalue weighted by atomic mass is 15.2. The van der Waals surface area contributed by atoms with E-state index in [1.807, 2.05) is 0 Å². The molecule has 14 rings (SSSR count). The minimum atomic E-state index is -0.316. The van der Waals surface area contributed by atoms with Crippen molar-refractivity contribution in [1.82, 2.24) is 0 Å². The third kappa shape index (κ3) is 6.90. The van der Waals surface area contributed by atoms with Gasteiger partial charge in [-0.15, -0.1) is 0 Å². The van der Waals surface area contributed by atoms with Crippen molar-refractivity contribution in [1.29, 1.82) is 0 Å². The van der Waals surface area contributed by atoms with E-state index in [4.69, 9.17) is 0 Å². The molecule has 11 aromatic rings. The predicted octanol–water partition coefficient (Wildman–Crippen LogP) is 17.5. The van der Waals surface area contributed by atoms with Gasteiger partial charge in [0.05, 0.1) is 0 Å². The van der Waals surface area contributed by atoms with Crippen LogP contribution >= 0.6 is 0 Å². The lowest BCUT2D eigenvalue weighted by Crippen LogP contribution is -2.62. The van der Waals surface area contributed by atoms with Crippen molar-refractivity contribution in [2.75, 3.05) is 14.6 Å². The van der Waals surface area contributed by atoms with Gasteiger partial charge in [-0.25, -0.2) is 0 Å². The molecule has 4 heteroatoms. The molecule has 0 amide bonds. The number of rotatable bonds is 8. The van der Waals surface area contributed by atoms with Crippen LogP contribution < -0.4 is 25.5 Å². The van der Waals surface area contributed by atoms with Gasteiger partial charge in [-0.1, -0.05) is 208 Å². The third-order valence-electron chi connectivity index (χ3n) is 15.9. The Morgan fingerprint density at radius 1 is 0.378 bits per heavy atom. The van der Waals surface area contributed by atoms with Crippen molar-refractivity contribution in [3.63, 3.8) is 0 Å². The summed E-state index contributed by atoms with van der Waals surface area (Å²) in [5, 5.41) is 0. The van der Waals surface area contributed by atoms with Gasteiger partial charge in [0, 0.05) is 56.5 Å². The molecule has 0 N–H and O–H groups in total. The molecule has 0 saturated carbocycles. The third-order valence-corrected chi connectivity index (χ3v) is 15.9. The van der Waals surface area contributed by atoms with Gasteiger partial charge in [-0.3, -0.25) is 0 Å².